The Hall–Kier alpha value is -2.53. The number of carbonyl (C=O) groups is 1. The third-order valence-corrected chi connectivity index (χ3v) is 3.51. The predicted octanol–water partition coefficient (Wildman–Crippen LogP) is 2.62. The number of ether oxygens (including phenoxy) is 1. The van der Waals surface area contributed by atoms with Gasteiger partial charge < -0.3 is 20.5 Å². The van der Waals surface area contributed by atoms with E-state index in [-0.39, 0.29) is 18.7 Å². The fourth-order valence-corrected chi connectivity index (χ4v) is 2.31. The van der Waals surface area contributed by atoms with E-state index in [1.54, 1.807) is 7.11 Å². The molecule has 5 nitrogen and oxygen atoms in total. The monoisotopic (exact) mass is 314 g/mol. The molecule has 0 radical (unpaired) electrons. The molecule has 0 fully saturated rings. The summed E-state index contributed by atoms with van der Waals surface area (Å²) in [6.45, 7) is 0.416. The highest BCUT2D eigenvalue weighted by Gasteiger charge is 2.13. The molecule has 0 saturated heterocycles. The number of hydrogen-bond acceptors (Lipinski definition) is 3. The first-order valence-electron chi connectivity index (χ1n) is 7.56. The van der Waals surface area contributed by atoms with E-state index in [0.29, 0.717) is 13.0 Å². The summed E-state index contributed by atoms with van der Waals surface area (Å²) < 4.78 is 5.16. The minimum atomic E-state index is -0.268. The van der Waals surface area contributed by atoms with Gasteiger partial charge in [-0.15, -0.1) is 0 Å². The van der Waals surface area contributed by atoms with Crippen LogP contribution in [0.15, 0.2) is 54.6 Å². The van der Waals surface area contributed by atoms with E-state index < -0.39 is 0 Å². The lowest BCUT2D eigenvalue weighted by Gasteiger charge is -2.18. The molecular weight excluding hydrogens is 292 g/mol. The third-order valence-electron chi connectivity index (χ3n) is 3.51. The number of aliphatic hydroxyl groups excluding tert-OH is 1. The van der Waals surface area contributed by atoms with Crippen molar-refractivity contribution >= 4 is 6.03 Å². The Labute approximate surface area is 136 Å². The molecule has 2 amide bonds. The van der Waals surface area contributed by atoms with Gasteiger partial charge in [0.15, 0.2) is 0 Å². The average molecular weight is 314 g/mol. The van der Waals surface area contributed by atoms with Crippen molar-refractivity contribution in [3.63, 3.8) is 0 Å². The van der Waals surface area contributed by atoms with E-state index in [1.807, 2.05) is 54.6 Å². The second kappa shape index (κ2) is 8.80. The molecule has 0 aliphatic heterocycles. The van der Waals surface area contributed by atoms with Gasteiger partial charge in [0.2, 0.25) is 0 Å². The molecule has 1 atom stereocenters. The van der Waals surface area contributed by atoms with Crippen LogP contribution in [0.3, 0.4) is 0 Å². The quantitative estimate of drug-likeness (QED) is 0.736. The number of nitrogens with one attached hydrogen (secondary N) is 2. The van der Waals surface area contributed by atoms with Gasteiger partial charge in [-0.3, -0.25) is 0 Å². The lowest BCUT2D eigenvalue weighted by molar-refractivity contribution is 0.229. The number of rotatable bonds is 7. The van der Waals surface area contributed by atoms with Crippen LogP contribution in [-0.2, 0) is 6.54 Å². The Kier molecular flexibility index (Phi) is 6.44. The van der Waals surface area contributed by atoms with E-state index >= 15 is 0 Å². The van der Waals surface area contributed by atoms with E-state index in [2.05, 4.69) is 10.6 Å². The van der Waals surface area contributed by atoms with Crippen LogP contribution in [0.5, 0.6) is 5.75 Å². The van der Waals surface area contributed by atoms with Crippen LogP contribution in [-0.4, -0.2) is 24.9 Å². The Balaban J connectivity index is 1.91. The molecule has 23 heavy (non-hydrogen) atoms. The summed E-state index contributed by atoms with van der Waals surface area (Å²) in [5.74, 6) is 0.757. The first-order chi connectivity index (χ1) is 11.2. The molecule has 0 aromatic heterocycles. The van der Waals surface area contributed by atoms with Gasteiger partial charge in [0.1, 0.15) is 5.75 Å². The number of aliphatic hydroxyl groups is 1. The van der Waals surface area contributed by atoms with E-state index in [0.717, 1.165) is 16.9 Å². The number of amides is 2. The molecule has 2 aromatic carbocycles. The Bertz CT molecular complexity index is 617. The maximum absolute atomic E-state index is 12.1. The molecule has 0 heterocycles. The standard InChI is InChI=1S/C18H22N2O3/c1-23-16-9-5-6-14(12-16)13-19-18(22)20-17(10-11-21)15-7-3-2-4-8-15/h2-9,12,17,21H,10-11,13H2,1H3,(H2,19,20,22)/t17-/m1/s1. The number of urea groups is 1. The molecule has 0 bridgehead atoms. The van der Waals surface area contributed by atoms with Gasteiger partial charge in [-0.1, -0.05) is 42.5 Å². The molecule has 122 valence electrons. The maximum atomic E-state index is 12.1. The van der Waals surface area contributed by atoms with Gasteiger partial charge in [0, 0.05) is 13.2 Å². The summed E-state index contributed by atoms with van der Waals surface area (Å²) in [5, 5.41) is 14.9. The zero-order valence-electron chi connectivity index (χ0n) is 13.2. The van der Waals surface area contributed by atoms with Gasteiger partial charge in [-0.25, -0.2) is 4.79 Å². The Morgan fingerprint density at radius 3 is 2.65 bits per heavy atom. The first-order valence-corrected chi connectivity index (χ1v) is 7.56. The number of benzene rings is 2. The zero-order chi connectivity index (χ0) is 16.5. The van der Waals surface area contributed by atoms with Crippen molar-refractivity contribution in [3.8, 4) is 5.75 Å². The zero-order valence-corrected chi connectivity index (χ0v) is 13.2. The lowest BCUT2D eigenvalue weighted by atomic mass is 10.0. The van der Waals surface area contributed by atoms with Crippen LogP contribution in [0, 0.1) is 0 Å². The van der Waals surface area contributed by atoms with Gasteiger partial charge in [-0.05, 0) is 29.7 Å². The van der Waals surface area contributed by atoms with Crippen molar-refractivity contribution in [2.24, 2.45) is 0 Å². The van der Waals surface area contributed by atoms with Crippen LogP contribution in [0.4, 0.5) is 4.79 Å². The second-order valence-electron chi connectivity index (χ2n) is 5.15. The number of carbonyl (C=O) groups excluding carboxylic acids is 1. The summed E-state index contributed by atoms with van der Waals surface area (Å²) >= 11 is 0. The highest BCUT2D eigenvalue weighted by Crippen LogP contribution is 2.16. The fraction of sp³-hybridized carbons (Fsp3) is 0.278. The second-order valence-corrected chi connectivity index (χ2v) is 5.15. The molecule has 2 aromatic rings. The summed E-state index contributed by atoms with van der Waals surface area (Å²) in [4.78, 5) is 12.1. The SMILES string of the molecule is COc1cccc(CNC(=O)N[C@H](CCO)c2ccccc2)c1. The largest absolute Gasteiger partial charge is 0.497 e. The lowest BCUT2D eigenvalue weighted by Crippen LogP contribution is -2.37. The van der Waals surface area contributed by atoms with Crippen molar-refractivity contribution in [1.82, 2.24) is 10.6 Å². The molecule has 3 N–H and O–H groups in total. The summed E-state index contributed by atoms with van der Waals surface area (Å²) in [6.07, 6.45) is 0.469. The average Bonchev–Trinajstić information content (AvgIpc) is 2.60. The Morgan fingerprint density at radius 1 is 1.17 bits per heavy atom. The topological polar surface area (TPSA) is 70.6 Å². The number of hydrogen-bond donors (Lipinski definition) is 3. The van der Waals surface area contributed by atoms with E-state index in [1.165, 1.54) is 0 Å². The van der Waals surface area contributed by atoms with Crippen LogP contribution < -0.4 is 15.4 Å². The molecule has 0 aliphatic rings. The predicted molar refractivity (Wildman–Crippen MR) is 89.3 cm³/mol. The maximum Gasteiger partial charge on any atom is 0.315 e. The molecule has 0 aliphatic carbocycles. The van der Waals surface area contributed by atoms with Crippen molar-refractivity contribution < 1.29 is 14.6 Å². The summed E-state index contributed by atoms with van der Waals surface area (Å²) in [7, 11) is 1.61. The highest BCUT2D eigenvalue weighted by atomic mass is 16.5. The van der Waals surface area contributed by atoms with E-state index in [4.69, 9.17) is 4.74 Å². The van der Waals surface area contributed by atoms with Gasteiger partial charge in [0.25, 0.3) is 0 Å². The Morgan fingerprint density at radius 2 is 1.96 bits per heavy atom. The van der Waals surface area contributed by atoms with Crippen molar-refractivity contribution in [3.05, 3.63) is 65.7 Å². The molecule has 0 spiro atoms. The van der Waals surface area contributed by atoms with Gasteiger partial charge in [-0.2, -0.15) is 0 Å². The van der Waals surface area contributed by atoms with Crippen LogP contribution in [0.25, 0.3) is 0 Å². The minimum absolute atomic E-state index is 0.00965. The fourth-order valence-electron chi connectivity index (χ4n) is 2.31. The normalized spacial score (nSPS) is 11.6. The third kappa shape index (κ3) is 5.30. The van der Waals surface area contributed by atoms with Crippen LogP contribution in [0.2, 0.25) is 0 Å². The summed E-state index contributed by atoms with van der Waals surface area (Å²) in [6, 6.07) is 16.7. The van der Waals surface area contributed by atoms with Gasteiger partial charge >= 0.3 is 6.03 Å². The summed E-state index contributed by atoms with van der Waals surface area (Å²) in [5.41, 5.74) is 1.93. The number of methoxy groups -OCH3 is 1. The molecule has 0 saturated carbocycles. The smallest absolute Gasteiger partial charge is 0.315 e. The van der Waals surface area contributed by atoms with Crippen molar-refractivity contribution in [2.45, 2.75) is 19.0 Å². The van der Waals surface area contributed by atoms with Crippen molar-refractivity contribution in [1.29, 1.82) is 0 Å². The molecule has 5 heteroatoms. The first kappa shape index (κ1) is 16.8. The molecule has 2 rings (SSSR count). The van der Waals surface area contributed by atoms with E-state index in [9.17, 15) is 9.90 Å². The van der Waals surface area contributed by atoms with Gasteiger partial charge in [0.05, 0.1) is 13.2 Å². The van der Waals surface area contributed by atoms with Crippen LogP contribution in [0.1, 0.15) is 23.6 Å². The minimum Gasteiger partial charge on any atom is -0.497 e. The highest BCUT2D eigenvalue weighted by molar-refractivity contribution is 5.74. The molecular formula is C18H22N2O3. The van der Waals surface area contributed by atoms with Crippen molar-refractivity contribution in [2.75, 3.05) is 13.7 Å². The van der Waals surface area contributed by atoms with Crippen LogP contribution >= 0.6 is 0 Å². The molecule has 0 unspecified atom stereocenters.